The Morgan fingerprint density at radius 3 is 2.48 bits per heavy atom. The first-order chi connectivity index (χ1) is 13.0. The average molecular weight is 434 g/mol. The van der Waals surface area contributed by atoms with E-state index in [9.17, 15) is 4.79 Å². The van der Waals surface area contributed by atoms with E-state index in [-0.39, 0.29) is 18.1 Å². The van der Waals surface area contributed by atoms with Gasteiger partial charge in [-0.15, -0.1) is 0 Å². The fourth-order valence-corrected chi connectivity index (χ4v) is 3.80. The summed E-state index contributed by atoms with van der Waals surface area (Å²) in [5.41, 5.74) is 1.62. The third kappa shape index (κ3) is 4.82. The molecule has 1 saturated heterocycles. The number of carbonyl (C=O) groups excluding carboxylic acids is 1. The summed E-state index contributed by atoms with van der Waals surface area (Å²) in [6.07, 6.45) is 0.0491. The molecule has 0 spiro atoms. The quantitative estimate of drug-likeness (QED) is 0.705. The van der Waals surface area contributed by atoms with E-state index in [2.05, 4.69) is 15.9 Å². The van der Waals surface area contributed by atoms with Crippen LogP contribution in [0.1, 0.15) is 29.8 Å². The molecule has 5 nitrogen and oxygen atoms in total. The van der Waals surface area contributed by atoms with Gasteiger partial charge in [-0.05, 0) is 47.5 Å². The minimum atomic E-state index is -0.0365. The molecule has 2 aromatic carbocycles. The smallest absolute Gasteiger partial charge is 0.254 e. The average Bonchev–Trinajstić information content (AvgIpc) is 2.66. The number of methoxy groups -OCH3 is 1. The SMILES string of the molecule is COc1cc(C(=O)N2CC(C)OC(C)C2)cc(Br)c1OCc1ccccc1. The molecular formula is C21H24BrNO4. The molecule has 1 aliphatic heterocycles. The van der Waals surface area contributed by atoms with Gasteiger partial charge in [0.1, 0.15) is 6.61 Å². The zero-order valence-corrected chi connectivity index (χ0v) is 17.4. The van der Waals surface area contributed by atoms with Crippen molar-refractivity contribution in [3.8, 4) is 11.5 Å². The van der Waals surface area contributed by atoms with Crippen molar-refractivity contribution in [2.45, 2.75) is 32.7 Å². The van der Waals surface area contributed by atoms with Gasteiger partial charge in [0.05, 0.1) is 23.8 Å². The highest BCUT2D eigenvalue weighted by atomic mass is 79.9. The largest absolute Gasteiger partial charge is 0.493 e. The van der Waals surface area contributed by atoms with Gasteiger partial charge in [-0.1, -0.05) is 30.3 Å². The lowest BCUT2D eigenvalue weighted by molar-refractivity contribution is -0.0586. The van der Waals surface area contributed by atoms with Crippen LogP contribution < -0.4 is 9.47 Å². The van der Waals surface area contributed by atoms with Crippen LogP contribution in [0.3, 0.4) is 0 Å². The Balaban J connectivity index is 1.80. The topological polar surface area (TPSA) is 48.0 Å². The van der Waals surface area contributed by atoms with E-state index < -0.39 is 0 Å². The molecule has 1 aliphatic rings. The van der Waals surface area contributed by atoms with Crippen LogP contribution in [0, 0.1) is 0 Å². The maximum absolute atomic E-state index is 13.0. The summed E-state index contributed by atoms with van der Waals surface area (Å²) < 4.78 is 17.8. The Hall–Kier alpha value is -2.05. The first-order valence-corrected chi connectivity index (χ1v) is 9.76. The highest BCUT2D eigenvalue weighted by molar-refractivity contribution is 9.10. The van der Waals surface area contributed by atoms with E-state index in [1.54, 1.807) is 19.2 Å². The van der Waals surface area contributed by atoms with Crippen molar-refractivity contribution < 1.29 is 19.0 Å². The van der Waals surface area contributed by atoms with Gasteiger partial charge in [0.25, 0.3) is 5.91 Å². The molecule has 0 bridgehead atoms. The van der Waals surface area contributed by atoms with Crippen molar-refractivity contribution in [2.24, 2.45) is 0 Å². The maximum atomic E-state index is 13.0. The molecule has 3 rings (SSSR count). The summed E-state index contributed by atoms with van der Waals surface area (Å²) in [6.45, 7) is 5.53. The molecule has 1 heterocycles. The number of benzene rings is 2. The first kappa shape index (κ1) is 19.7. The molecule has 144 valence electrons. The number of hydrogen-bond acceptors (Lipinski definition) is 4. The maximum Gasteiger partial charge on any atom is 0.254 e. The second-order valence-electron chi connectivity index (χ2n) is 6.73. The van der Waals surface area contributed by atoms with Crippen LogP contribution in [-0.2, 0) is 11.3 Å². The third-order valence-electron chi connectivity index (χ3n) is 4.41. The minimum absolute atomic E-state index is 0.0246. The Morgan fingerprint density at radius 2 is 1.85 bits per heavy atom. The van der Waals surface area contributed by atoms with Crippen LogP contribution in [0.25, 0.3) is 0 Å². The molecular weight excluding hydrogens is 410 g/mol. The zero-order valence-electron chi connectivity index (χ0n) is 15.8. The van der Waals surface area contributed by atoms with Crippen LogP contribution >= 0.6 is 15.9 Å². The van der Waals surface area contributed by atoms with Gasteiger partial charge in [-0.25, -0.2) is 0 Å². The van der Waals surface area contributed by atoms with Crippen LogP contribution in [0.4, 0.5) is 0 Å². The van der Waals surface area contributed by atoms with Gasteiger partial charge in [-0.3, -0.25) is 4.79 Å². The molecule has 6 heteroatoms. The second kappa shape index (κ2) is 8.76. The molecule has 1 amide bonds. The fraction of sp³-hybridized carbons (Fsp3) is 0.381. The highest BCUT2D eigenvalue weighted by Gasteiger charge is 2.27. The highest BCUT2D eigenvalue weighted by Crippen LogP contribution is 2.37. The number of hydrogen-bond donors (Lipinski definition) is 0. The number of amides is 1. The predicted octanol–water partition coefficient (Wildman–Crippen LogP) is 4.29. The summed E-state index contributed by atoms with van der Waals surface area (Å²) in [5, 5.41) is 0. The third-order valence-corrected chi connectivity index (χ3v) is 5.00. The van der Waals surface area contributed by atoms with Crippen LogP contribution in [0.5, 0.6) is 11.5 Å². The molecule has 0 N–H and O–H groups in total. The number of ether oxygens (including phenoxy) is 3. The van der Waals surface area contributed by atoms with E-state index in [1.165, 1.54) is 0 Å². The van der Waals surface area contributed by atoms with Crippen molar-refractivity contribution in [3.63, 3.8) is 0 Å². The Bertz CT molecular complexity index is 786. The lowest BCUT2D eigenvalue weighted by atomic mass is 10.1. The van der Waals surface area contributed by atoms with E-state index >= 15 is 0 Å². The number of rotatable bonds is 5. The number of halogens is 1. The van der Waals surface area contributed by atoms with Crippen LogP contribution in [-0.4, -0.2) is 43.2 Å². The summed E-state index contributed by atoms with van der Waals surface area (Å²) >= 11 is 3.53. The molecule has 27 heavy (non-hydrogen) atoms. The van der Waals surface area contributed by atoms with Gasteiger partial charge in [-0.2, -0.15) is 0 Å². The number of nitrogens with zero attached hydrogens (tertiary/aromatic N) is 1. The van der Waals surface area contributed by atoms with Gasteiger partial charge >= 0.3 is 0 Å². The van der Waals surface area contributed by atoms with Gasteiger partial charge in [0.2, 0.25) is 0 Å². The second-order valence-corrected chi connectivity index (χ2v) is 7.59. The Labute approximate surface area is 168 Å². The molecule has 1 fully saturated rings. The normalized spacial score (nSPS) is 19.6. The monoisotopic (exact) mass is 433 g/mol. The van der Waals surface area contributed by atoms with Crippen molar-refractivity contribution in [2.75, 3.05) is 20.2 Å². The first-order valence-electron chi connectivity index (χ1n) is 8.97. The molecule has 2 atom stereocenters. The lowest BCUT2D eigenvalue weighted by Crippen LogP contribution is -2.48. The minimum Gasteiger partial charge on any atom is -0.493 e. The van der Waals surface area contributed by atoms with Crippen LogP contribution in [0.2, 0.25) is 0 Å². The summed E-state index contributed by atoms with van der Waals surface area (Å²) in [6, 6.07) is 13.4. The number of carbonyl (C=O) groups is 1. The lowest BCUT2D eigenvalue weighted by Gasteiger charge is -2.35. The Kier molecular flexibility index (Phi) is 6.39. The fourth-order valence-electron chi connectivity index (χ4n) is 3.24. The van der Waals surface area contributed by atoms with Gasteiger partial charge < -0.3 is 19.1 Å². The molecule has 0 aromatic heterocycles. The number of morpholine rings is 1. The molecule has 0 radical (unpaired) electrons. The van der Waals surface area contributed by atoms with Gasteiger partial charge in [0.15, 0.2) is 11.5 Å². The standard InChI is InChI=1S/C21H24BrNO4/c1-14-11-23(12-15(2)27-14)21(24)17-9-18(22)20(19(10-17)25-3)26-13-16-7-5-4-6-8-16/h4-10,14-15H,11-13H2,1-3H3. The van der Waals surface area contributed by atoms with Crippen molar-refractivity contribution in [1.82, 2.24) is 4.90 Å². The van der Waals surface area contributed by atoms with E-state index in [4.69, 9.17) is 14.2 Å². The van der Waals surface area contributed by atoms with Crippen LogP contribution in [0.15, 0.2) is 46.9 Å². The van der Waals surface area contributed by atoms with E-state index in [0.29, 0.717) is 41.2 Å². The summed E-state index contributed by atoms with van der Waals surface area (Å²) in [5.74, 6) is 1.07. The van der Waals surface area contributed by atoms with Crippen molar-refractivity contribution in [1.29, 1.82) is 0 Å². The van der Waals surface area contributed by atoms with E-state index in [1.807, 2.05) is 49.1 Å². The zero-order chi connectivity index (χ0) is 19.4. The summed E-state index contributed by atoms with van der Waals surface area (Å²) in [4.78, 5) is 14.8. The van der Waals surface area contributed by atoms with Crippen molar-refractivity contribution >= 4 is 21.8 Å². The summed E-state index contributed by atoms with van der Waals surface area (Å²) in [7, 11) is 1.57. The van der Waals surface area contributed by atoms with Crippen molar-refractivity contribution in [3.05, 3.63) is 58.1 Å². The van der Waals surface area contributed by atoms with E-state index in [0.717, 1.165) is 5.56 Å². The molecule has 0 saturated carbocycles. The Morgan fingerprint density at radius 1 is 1.19 bits per heavy atom. The predicted molar refractivity (Wildman–Crippen MR) is 107 cm³/mol. The molecule has 2 unspecified atom stereocenters. The van der Waals surface area contributed by atoms with Gasteiger partial charge in [0, 0.05) is 18.7 Å². The molecule has 0 aliphatic carbocycles. The molecule has 2 aromatic rings.